The number of anilines is 1. The molecule has 144 valence electrons. The molecule has 0 spiro atoms. The minimum absolute atomic E-state index is 0.106. The minimum atomic E-state index is -0.447. The first kappa shape index (κ1) is 19.5. The maximum atomic E-state index is 13.0. The Morgan fingerprint density at radius 1 is 1.07 bits per heavy atom. The molecule has 0 atom stereocenters. The maximum Gasteiger partial charge on any atom is 0.278 e. The molecule has 2 aromatic rings. The second-order valence-corrected chi connectivity index (χ2v) is 6.39. The van der Waals surface area contributed by atoms with Crippen molar-refractivity contribution in [3.8, 4) is 11.5 Å². The molecule has 28 heavy (non-hydrogen) atoms. The van der Waals surface area contributed by atoms with Gasteiger partial charge in [-0.25, -0.2) is 0 Å². The summed E-state index contributed by atoms with van der Waals surface area (Å²) in [6, 6.07) is 11.9. The Hall–Kier alpha value is -3.25. The number of carbonyl (C=O) groups excluding carboxylic acids is 2. The Labute approximate surface area is 168 Å². The summed E-state index contributed by atoms with van der Waals surface area (Å²) in [4.78, 5) is 27.0. The van der Waals surface area contributed by atoms with E-state index in [4.69, 9.17) is 21.1 Å². The van der Waals surface area contributed by atoms with E-state index in [2.05, 4.69) is 11.9 Å². The standard InChI is InChI=1S/C21H19ClN2O4/c1-4-11-24-20(25)18(13-5-8-15(27-2)9-6-13)19(21(24)26)23-16-12-14(22)7-10-17(16)28-3/h4-10,12,23H,1,11H2,2-3H3. The van der Waals surface area contributed by atoms with E-state index in [1.54, 1.807) is 49.6 Å². The van der Waals surface area contributed by atoms with E-state index >= 15 is 0 Å². The molecule has 0 fully saturated rings. The number of rotatable bonds is 7. The first-order valence-corrected chi connectivity index (χ1v) is 8.84. The number of benzene rings is 2. The van der Waals surface area contributed by atoms with Gasteiger partial charge in [0.1, 0.15) is 17.2 Å². The molecular weight excluding hydrogens is 380 g/mol. The molecule has 7 heteroatoms. The van der Waals surface area contributed by atoms with Crippen LogP contribution in [-0.4, -0.2) is 37.5 Å². The van der Waals surface area contributed by atoms with Crippen LogP contribution >= 0.6 is 11.6 Å². The topological polar surface area (TPSA) is 67.9 Å². The third-order valence-electron chi connectivity index (χ3n) is 4.28. The van der Waals surface area contributed by atoms with E-state index in [0.717, 1.165) is 4.90 Å². The highest BCUT2D eigenvalue weighted by molar-refractivity contribution is 6.36. The molecule has 0 aliphatic carbocycles. The Balaban J connectivity index is 2.11. The van der Waals surface area contributed by atoms with Gasteiger partial charge in [0.15, 0.2) is 0 Å². The summed E-state index contributed by atoms with van der Waals surface area (Å²) in [5.74, 6) is 0.291. The molecule has 1 aliphatic heterocycles. The number of amides is 2. The van der Waals surface area contributed by atoms with E-state index in [-0.39, 0.29) is 17.8 Å². The molecule has 0 unspecified atom stereocenters. The number of carbonyl (C=O) groups is 2. The van der Waals surface area contributed by atoms with Gasteiger partial charge in [0.2, 0.25) is 0 Å². The van der Waals surface area contributed by atoms with Crippen molar-refractivity contribution >= 4 is 34.7 Å². The Bertz CT molecular complexity index is 967. The van der Waals surface area contributed by atoms with E-state index < -0.39 is 11.8 Å². The third-order valence-corrected chi connectivity index (χ3v) is 4.51. The fourth-order valence-electron chi connectivity index (χ4n) is 2.92. The second kappa shape index (κ2) is 8.19. The lowest BCUT2D eigenvalue weighted by Crippen LogP contribution is -2.32. The summed E-state index contributed by atoms with van der Waals surface area (Å²) in [5, 5.41) is 3.51. The van der Waals surface area contributed by atoms with Crippen molar-refractivity contribution in [3.05, 3.63) is 71.4 Å². The maximum absolute atomic E-state index is 13.0. The summed E-state index contributed by atoms with van der Waals surface area (Å²) in [5.41, 5.74) is 1.49. The predicted molar refractivity (Wildman–Crippen MR) is 108 cm³/mol. The molecule has 6 nitrogen and oxygen atoms in total. The zero-order valence-electron chi connectivity index (χ0n) is 15.5. The van der Waals surface area contributed by atoms with Crippen LogP contribution in [-0.2, 0) is 9.59 Å². The number of methoxy groups -OCH3 is 2. The molecule has 2 aromatic carbocycles. The Morgan fingerprint density at radius 2 is 1.79 bits per heavy atom. The molecule has 0 radical (unpaired) electrons. The largest absolute Gasteiger partial charge is 0.497 e. The lowest BCUT2D eigenvalue weighted by atomic mass is 10.0. The highest BCUT2D eigenvalue weighted by Crippen LogP contribution is 2.35. The van der Waals surface area contributed by atoms with Crippen LogP contribution in [0.25, 0.3) is 5.57 Å². The Kier molecular flexibility index (Phi) is 5.70. The molecule has 0 aromatic heterocycles. The molecule has 3 rings (SSSR count). The van der Waals surface area contributed by atoms with Gasteiger partial charge in [-0.15, -0.1) is 6.58 Å². The lowest BCUT2D eigenvalue weighted by Gasteiger charge is -2.14. The van der Waals surface area contributed by atoms with Gasteiger partial charge in [-0.05, 0) is 35.9 Å². The molecular formula is C21H19ClN2O4. The van der Waals surface area contributed by atoms with Crippen molar-refractivity contribution in [2.75, 3.05) is 26.1 Å². The van der Waals surface area contributed by atoms with Crippen LogP contribution in [0.4, 0.5) is 5.69 Å². The van der Waals surface area contributed by atoms with E-state index in [1.165, 1.54) is 13.2 Å². The molecule has 1 heterocycles. The van der Waals surface area contributed by atoms with Crippen molar-refractivity contribution in [1.82, 2.24) is 4.90 Å². The van der Waals surface area contributed by atoms with Crippen molar-refractivity contribution < 1.29 is 19.1 Å². The van der Waals surface area contributed by atoms with Gasteiger partial charge >= 0.3 is 0 Å². The van der Waals surface area contributed by atoms with Crippen LogP contribution in [0.5, 0.6) is 11.5 Å². The number of nitrogens with zero attached hydrogens (tertiary/aromatic N) is 1. The van der Waals surface area contributed by atoms with Crippen LogP contribution in [0, 0.1) is 0 Å². The zero-order valence-corrected chi connectivity index (χ0v) is 16.2. The van der Waals surface area contributed by atoms with E-state index in [9.17, 15) is 9.59 Å². The van der Waals surface area contributed by atoms with Gasteiger partial charge in [0, 0.05) is 11.6 Å². The van der Waals surface area contributed by atoms with Gasteiger partial charge in [0.05, 0.1) is 25.5 Å². The molecule has 0 saturated heterocycles. The van der Waals surface area contributed by atoms with Crippen LogP contribution < -0.4 is 14.8 Å². The van der Waals surface area contributed by atoms with Gasteiger partial charge in [-0.1, -0.05) is 29.8 Å². The number of halogens is 1. The van der Waals surface area contributed by atoms with Gasteiger partial charge in [-0.3, -0.25) is 14.5 Å². The molecule has 0 bridgehead atoms. The molecule has 1 N–H and O–H groups in total. The van der Waals surface area contributed by atoms with Gasteiger partial charge in [0.25, 0.3) is 11.8 Å². The van der Waals surface area contributed by atoms with Crippen LogP contribution in [0.15, 0.2) is 60.8 Å². The smallest absolute Gasteiger partial charge is 0.278 e. The van der Waals surface area contributed by atoms with Crippen molar-refractivity contribution in [3.63, 3.8) is 0 Å². The zero-order chi connectivity index (χ0) is 20.3. The van der Waals surface area contributed by atoms with Gasteiger partial charge < -0.3 is 14.8 Å². The quantitative estimate of drug-likeness (QED) is 0.568. The summed E-state index contributed by atoms with van der Waals surface area (Å²) < 4.78 is 10.5. The highest BCUT2D eigenvalue weighted by Gasteiger charge is 2.38. The monoisotopic (exact) mass is 398 g/mol. The normalized spacial score (nSPS) is 13.8. The summed E-state index contributed by atoms with van der Waals surface area (Å²) in [6.45, 7) is 3.73. The lowest BCUT2D eigenvalue weighted by molar-refractivity contribution is -0.136. The SMILES string of the molecule is C=CCN1C(=O)C(Nc2cc(Cl)ccc2OC)=C(c2ccc(OC)cc2)C1=O. The van der Waals surface area contributed by atoms with Crippen LogP contribution in [0.1, 0.15) is 5.56 Å². The fourth-order valence-corrected chi connectivity index (χ4v) is 3.10. The average molecular weight is 399 g/mol. The first-order valence-electron chi connectivity index (χ1n) is 8.46. The molecule has 0 saturated carbocycles. The Morgan fingerprint density at radius 3 is 2.39 bits per heavy atom. The average Bonchev–Trinajstić information content (AvgIpc) is 2.93. The predicted octanol–water partition coefficient (Wildman–Crippen LogP) is 3.74. The second-order valence-electron chi connectivity index (χ2n) is 5.96. The van der Waals surface area contributed by atoms with Crippen LogP contribution in [0.2, 0.25) is 5.02 Å². The fraction of sp³-hybridized carbons (Fsp3) is 0.143. The number of nitrogens with one attached hydrogen (secondary N) is 1. The van der Waals surface area contributed by atoms with Crippen molar-refractivity contribution in [2.45, 2.75) is 0 Å². The highest BCUT2D eigenvalue weighted by atomic mass is 35.5. The summed E-state index contributed by atoms with van der Waals surface area (Å²) in [7, 11) is 3.07. The van der Waals surface area contributed by atoms with Crippen LogP contribution in [0.3, 0.4) is 0 Å². The number of ether oxygens (including phenoxy) is 2. The number of hydrogen-bond acceptors (Lipinski definition) is 5. The number of hydrogen-bond donors (Lipinski definition) is 1. The van der Waals surface area contributed by atoms with E-state index in [1.807, 2.05) is 0 Å². The summed E-state index contributed by atoms with van der Waals surface area (Å²) >= 11 is 6.09. The number of imide groups is 1. The molecule has 2 amide bonds. The van der Waals surface area contributed by atoms with Crippen molar-refractivity contribution in [1.29, 1.82) is 0 Å². The minimum Gasteiger partial charge on any atom is -0.497 e. The third kappa shape index (κ3) is 3.59. The van der Waals surface area contributed by atoms with E-state index in [0.29, 0.717) is 27.8 Å². The molecule has 1 aliphatic rings. The van der Waals surface area contributed by atoms with Crippen molar-refractivity contribution in [2.24, 2.45) is 0 Å². The van der Waals surface area contributed by atoms with Gasteiger partial charge in [-0.2, -0.15) is 0 Å². The summed E-state index contributed by atoms with van der Waals surface area (Å²) in [6.07, 6.45) is 1.50. The first-order chi connectivity index (χ1) is 13.5.